The van der Waals surface area contributed by atoms with Crippen LogP contribution < -0.4 is 5.32 Å². The third kappa shape index (κ3) is 4.36. The van der Waals surface area contributed by atoms with Crippen LogP contribution in [0.15, 0.2) is 36.4 Å². The summed E-state index contributed by atoms with van der Waals surface area (Å²) >= 11 is 0. The van der Waals surface area contributed by atoms with Crippen LogP contribution in [0.5, 0.6) is 0 Å². The normalized spacial score (nSPS) is 18.3. The van der Waals surface area contributed by atoms with Gasteiger partial charge in [0.2, 0.25) is 0 Å². The Morgan fingerprint density at radius 3 is 2.64 bits per heavy atom. The monoisotopic (exact) mass is 445 g/mol. The second-order valence-corrected chi connectivity index (χ2v) is 9.80. The number of amides is 2. The number of hydrogen-bond acceptors (Lipinski definition) is 4. The maximum absolute atomic E-state index is 13.2. The maximum atomic E-state index is 13.2. The molecule has 172 valence electrons. The van der Waals surface area contributed by atoms with Crippen molar-refractivity contribution < 1.29 is 9.59 Å². The average molecular weight is 446 g/mol. The number of rotatable bonds is 6. The van der Waals surface area contributed by atoms with Gasteiger partial charge in [-0.2, -0.15) is 5.10 Å². The predicted molar refractivity (Wildman–Crippen MR) is 127 cm³/mol. The zero-order chi connectivity index (χ0) is 23.1. The number of benzene rings is 1. The lowest BCUT2D eigenvalue weighted by molar-refractivity contribution is 0.0779. The first kappa shape index (κ1) is 21.6. The van der Waals surface area contributed by atoms with E-state index in [9.17, 15) is 9.59 Å². The Balaban J connectivity index is 1.38. The number of aryl methyl sites for hydroxylation is 1. The third-order valence-electron chi connectivity index (χ3n) is 6.66. The SMILES string of the molecule is CC(C)CNC(=O)c1cc([C@@H]2CCN(C(=O)c3cc(C4CC4)nn3C)C2)nc2ccccc12. The number of hydrogen-bond donors (Lipinski definition) is 1. The molecule has 1 saturated carbocycles. The fraction of sp³-hybridized carbons (Fsp3) is 0.462. The number of nitrogens with one attached hydrogen (secondary N) is 1. The third-order valence-corrected chi connectivity index (χ3v) is 6.66. The summed E-state index contributed by atoms with van der Waals surface area (Å²) in [5.74, 6) is 0.952. The number of aromatic nitrogens is 3. The van der Waals surface area contributed by atoms with Gasteiger partial charge in [-0.1, -0.05) is 32.0 Å². The molecule has 5 rings (SSSR count). The van der Waals surface area contributed by atoms with Crippen LogP contribution in [0.3, 0.4) is 0 Å². The summed E-state index contributed by atoms with van der Waals surface area (Å²) in [5, 5.41) is 8.45. The van der Waals surface area contributed by atoms with Gasteiger partial charge in [0.05, 0.1) is 16.8 Å². The van der Waals surface area contributed by atoms with Gasteiger partial charge < -0.3 is 10.2 Å². The first-order valence-electron chi connectivity index (χ1n) is 11.9. The summed E-state index contributed by atoms with van der Waals surface area (Å²) in [7, 11) is 1.85. The quantitative estimate of drug-likeness (QED) is 0.625. The van der Waals surface area contributed by atoms with E-state index in [0.29, 0.717) is 42.7 Å². The molecule has 7 heteroatoms. The predicted octanol–water partition coefficient (Wildman–Crippen LogP) is 3.86. The summed E-state index contributed by atoms with van der Waals surface area (Å²) in [6.45, 7) is 6.06. The molecule has 1 aromatic carbocycles. The molecule has 1 aliphatic carbocycles. The topological polar surface area (TPSA) is 80.1 Å². The highest BCUT2D eigenvalue weighted by atomic mass is 16.2. The standard InChI is InChI=1S/C26H31N5O2/c1-16(2)14-27-25(32)20-12-22(28-21-7-5-4-6-19(20)21)18-10-11-31(15-18)26(33)24-13-23(17-8-9-17)29-30(24)3/h4-7,12-13,16-18H,8-11,14-15H2,1-3H3,(H,27,32)/t18-/m1/s1. The molecule has 0 radical (unpaired) electrons. The van der Waals surface area contributed by atoms with E-state index in [0.717, 1.165) is 41.6 Å². The second kappa shape index (κ2) is 8.61. The van der Waals surface area contributed by atoms with Crippen molar-refractivity contribution in [2.24, 2.45) is 13.0 Å². The van der Waals surface area contributed by atoms with Gasteiger partial charge in [-0.05, 0) is 43.4 Å². The Kier molecular flexibility index (Phi) is 5.64. The zero-order valence-electron chi connectivity index (χ0n) is 19.5. The minimum Gasteiger partial charge on any atom is -0.352 e. The molecule has 0 spiro atoms. The summed E-state index contributed by atoms with van der Waals surface area (Å²) in [6, 6.07) is 11.7. The molecule has 33 heavy (non-hydrogen) atoms. The molecule has 1 aliphatic heterocycles. The maximum Gasteiger partial charge on any atom is 0.272 e. The molecule has 2 fully saturated rings. The van der Waals surface area contributed by atoms with Crippen molar-refractivity contribution in [3.8, 4) is 0 Å². The first-order chi connectivity index (χ1) is 15.9. The number of pyridine rings is 1. The van der Waals surface area contributed by atoms with Gasteiger partial charge in [-0.25, -0.2) is 0 Å². The van der Waals surface area contributed by atoms with Gasteiger partial charge in [0.25, 0.3) is 11.8 Å². The van der Waals surface area contributed by atoms with Crippen molar-refractivity contribution in [1.29, 1.82) is 0 Å². The Morgan fingerprint density at radius 1 is 1.09 bits per heavy atom. The van der Waals surface area contributed by atoms with Crippen LogP contribution in [0.2, 0.25) is 0 Å². The molecular formula is C26H31N5O2. The van der Waals surface area contributed by atoms with Crippen LogP contribution in [0.4, 0.5) is 0 Å². The van der Waals surface area contributed by atoms with E-state index in [1.165, 1.54) is 0 Å². The van der Waals surface area contributed by atoms with Gasteiger partial charge in [-0.3, -0.25) is 19.3 Å². The largest absolute Gasteiger partial charge is 0.352 e. The number of likely N-dealkylation sites (tertiary alicyclic amines) is 1. The Bertz CT molecular complexity index is 1210. The van der Waals surface area contributed by atoms with Gasteiger partial charge in [-0.15, -0.1) is 0 Å². The summed E-state index contributed by atoms with van der Waals surface area (Å²) < 4.78 is 1.72. The van der Waals surface area contributed by atoms with E-state index in [1.54, 1.807) is 4.68 Å². The van der Waals surface area contributed by atoms with Gasteiger partial charge >= 0.3 is 0 Å². The fourth-order valence-electron chi connectivity index (χ4n) is 4.60. The minimum absolute atomic E-state index is 0.0232. The van der Waals surface area contributed by atoms with Crippen LogP contribution in [0.1, 0.15) is 77.2 Å². The molecule has 1 saturated heterocycles. The van der Waals surface area contributed by atoms with Crippen molar-refractivity contribution in [3.63, 3.8) is 0 Å². The number of carbonyl (C=O) groups excluding carboxylic acids is 2. The van der Waals surface area contributed by atoms with E-state index in [-0.39, 0.29) is 17.7 Å². The molecule has 0 unspecified atom stereocenters. The van der Waals surface area contributed by atoms with Crippen LogP contribution in [-0.4, -0.2) is 51.1 Å². The van der Waals surface area contributed by atoms with Crippen LogP contribution in [0.25, 0.3) is 10.9 Å². The Morgan fingerprint density at radius 2 is 1.88 bits per heavy atom. The Hall–Kier alpha value is -3.22. The molecule has 0 bridgehead atoms. The highest BCUT2D eigenvalue weighted by Gasteiger charge is 2.33. The highest BCUT2D eigenvalue weighted by molar-refractivity contribution is 6.06. The average Bonchev–Trinajstić information content (AvgIpc) is 3.41. The number of carbonyl (C=O) groups is 2. The molecule has 2 aromatic heterocycles. The highest BCUT2D eigenvalue weighted by Crippen LogP contribution is 2.39. The van der Waals surface area contributed by atoms with Gasteiger partial charge in [0, 0.05) is 49.6 Å². The van der Waals surface area contributed by atoms with Crippen molar-refractivity contribution in [2.75, 3.05) is 19.6 Å². The Labute approximate surface area is 194 Å². The molecule has 3 aromatic rings. The fourth-order valence-corrected chi connectivity index (χ4v) is 4.60. The van der Waals surface area contributed by atoms with Gasteiger partial charge in [0.1, 0.15) is 5.69 Å². The summed E-state index contributed by atoms with van der Waals surface area (Å²) in [5.41, 5.74) is 4.03. The summed E-state index contributed by atoms with van der Waals surface area (Å²) in [6.07, 6.45) is 3.16. The van der Waals surface area contributed by atoms with E-state index >= 15 is 0 Å². The molecule has 1 N–H and O–H groups in total. The van der Waals surface area contributed by atoms with Crippen LogP contribution in [-0.2, 0) is 7.05 Å². The van der Waals surface area contributed by atoms with E-state index in [4.69, 9.17) is 4.98 Å². The van der Waals surface area contributed by atoms with Crippen molar-refractivity contribution in [1.82, 2.24) is 25.0 Å². The molecule has 3 heterocycles. The smallest absolute Gasteiger partial charge is 0.272 e. The van der Waals surface area contributed by atoms with E-state index in [1.807, 2.05) is 48.3 Å². The minimum atomic E-state index is -0.0723. The molecule has 1 atom stereocenters. The number of nitrogens with zero attached hydrogens (tertiary/aromatic N) is 4. The van der Waals surface area contributed by atoms with E-state index in [2.05, 4.69) is 24.3 Å². The van der Waals surface area contributed by atoms with Crippen LogP contribution in [0, 0.1) is 5.92 Å². The molecule has 2 aliphatic rings. The first-order valence-corrected chi connectivity index (χ1v) is 11.9. The number of fused-ring (bicyclic) bond motifs is 1. The summed E-state index contributed by atoms with van der Waals surface area (Å²) in [4.78, 5) is 33.0. The number of para-hydroxylation sites is 1. The molecular weight excluding hydrogens is 414 g/mol. The van der Waals surface area contributed by atoms with Crippen molar-refractivity contribution >= 4 is 22.7 Å². The lowest BCUT2D eigenvalue weighted by Crippen LogP contribution is -2.30. The van der Waals surface area contributed by atoms with Gasteiger partial charge in [0.15, 0.2) is 0 Å². The van der Waals surface area contributed by atoms with Crippen molar-refractivity contribution in [3.05, 3.63) is 59.0 Å². The second-order valence-electron chi connectivity index (χ2n) is 9.80. The van der Waals surface area contributed by atoms with E-state index < -0.39 is 0 Å². The molecule has 7 nitrogen and oxygen atoms in total. The lowest BCUT2D eigenvalue weighted by Gasteiger charge is -2.17. The lowest BCUT2D eigenvalue weighted by atomic mass is 9.99. The van der Waals surface area contributed by atoms with Crippen molar-refractivity contribution in [2.45, 2.75) is 44.9 Å². The van der Waals surface area contributed by atoms with Crippen LogP contribution >= 0.6 is 0 Å². The molecule has 2 amide bonds. The zero-order valence-corrected chi connectivity index (χ0v) is 19.5.